The lowest BCUT2D eigenvalue weighted by Crippen LogP contribution is -2.19. The largest absolute Gasteiger partial charge is 0.506 e. The van der Waals surface area contributed by atoms with Crippen LogP contribution in [-0.4, -0.2) is 34.5 Å². The summed E-state index contributed by atoms with van der Waals surface area (Å²) in [7, 11) is 0. The van der Waals surface area contributed by atoms with Gasteiger partial charge < -0.3 is 15.2 Å². The van der Waals surface area contributed by atoms with Crippen molar-refractivity contribution in [3.05, 3.63) is 41.6 Å². The number of aromatic nitrogens is 2. The van der Waals surface area contributed by atoms with Crippen molar-refractivity contribution in [2.45, 2.75) is 12.5 Å². The first kappa shape index (κ1) is 16.9. The fourth-order valence-corrected chi connectivity index (χ4v) is 3.06. The summed E-state index contributed by atoms with van der Waals surface area (Å²) < 4.78 is 6.16. The summed E-state index contributed by atoms with van der Waals surface area (Å²) in [6, 6.07) is 9.18. The van der Waals surface area contributed by atoms with E-state index >= 15 is 0 Å². The van der Waals surface area contributed by atoms with Crippen LogP contribution < -0.4 is 10.1 Å². The van der Waals surface area contributed by atoms with Crippen LogP contribution in [0.1, 0.15) is 6.42 Å². The van der Waals surface area contributed by atoms with Gasteiger partial charge in [0, 0.05) is 6.54 Å². The van der Waals surface area contributed by atoms with Gasteiger partial charge in [-0.05, 0) is 48.4 Å². The molecule has 2 heterocycles. The van der Waals surface area contributed by atoms with Crippen LogP contribution in [0.3, 0.4) is 0 Å². The molecule has 5 nitrogen and oxygen atoms in total. The summed E-state index contributed by atoms with van der Waals surface area (Å²) >= 11 is 6.03. The Morgan fingerprint density at radius 1 is 1.21 bits per heavy atom. The molecular formula is C17H17Cl2N3O2. The van der Waals surface area contributed by atoms with E-state index in [0.717, 1.165) is 47.3 Å². The number of hydrogen-bond donors (Lipinski definition) is 3. The molecule has 0 saturated carbocycles. The number of phenolic OH excluding ortho intramolecular Hbond substituents is 1. The molecule has 0 aliphatic carbocycles. The molecule has 0 radical (unpaired) electrons. The van der Waals surface area contributed by atoms with E-state index in [9.17, 15) is 5.11 Å². The van der Waals surface area contributed by atoms with Crippen molar-refractivity contribution >= 4 is 34.9 Å². The molecular weight excluding hydrogens is 349 g/mol. The Balaban J connectivity index is 0.00000169. The van der Waals surface area contributed by atoms with Crippen LogP contribution in [-0.2, 0) is 0 Å². The number of fused-ring (bicyclic) bond motifs is 1. The zero-order chi connectivity index (χ0) is 15.8. The van der Waals surface area contributed by atoms with E-state index in [2.05, 4.69) is 15.5 Å². The van der Waals surface area contributed by atoms with Crippen LogP contribution in [0.2, 0.25) is 5.02 Å². The molecule has 1 aromatic heterocycles. The van der Waals surface area contributed by atoms with Gasteiger partial charge in [0.15, 0.2) is 0 Å². The van der Waals surface area contributed by atoms with Crippen LogP contribution in [0.5, 0.6) is 11.5 Å². The zero-order valence-electron chi connectivity index (χ0n) is 12.8. The van der Waals surface area contributed by atoms with Gasteiger partial charge in [-0.25, -0.2) is 0 Å². The molecule has 0 spiro atoms. The lowest BCUT2D eigenvalue weighted by Gasteiger charge is -2.15. The predicted octanol–water partition coefficient (Wildman–Crippen LogP) is 3.75. The molecule has 3 aromatic rings. The molecule has 2 aromatic carbocycles. The summed E-state index contributed by atoms with van der Waals surface area (Å²) in [6.45, 7) is 1.83. The van der Waals surface area contributed by atoms with Gasteiger partial charge in [0.1, 0.15) is 17.6 Å². The van der Waals surface area contributed by atoms with E-state index < -0.39 is 0 Å². The lowest BCUT2D eigenvalue weighted by atomic mass is 10.0. The van der Waals surface area contributed by atoms with Gasteiger partial charge in [-0.3, -0.25) is 5.10 Å². The second-order valence-corrected chi connectivity index (χ2v) is 6.11. The van der Waals surface area contributed by atoms with E-state index in [0.29, 0.717) is 5.02 Å². The van der Waals surface area contributed by atoms with Crippen molar-refractivity contribution in [1.29, 1.82) is 0 Å². The van der Waals surface area contributed by atoms with Gasteiger partial charge in [-0.2, -0.15) is 5.10 Å². The number of aromatic hydroxyl groups is 1. The topological polar surface area (TPSA) is 70.2 Å². The highest BCUT2D eigenvalue weighted by Gasteiger charge is 2.18. The van der Waals surface area contributed by atoms with Gasteiger partial charge >= 0.3 is 0 Å². The maximum Gasteiger partial charge on any atom is 0.134 e. The molecule has 3 N–H and O–H groups in total. The highest BCUT2D eigenvalue weighted by Crippen LogP contribution is 2.35. The molecule has 1 aliphatic heterocycles. The molecule has 1 fully saturated rings. The Labute approximate surface area is 150 Å². The Bertz CT molecular complexity index is 860. The first-order valence-electron chi connectivity index (χ1n) is 7.54. The van der Waals surface area contributed by atoms with E-state index in [1.165, 1.54) is 0 Å². The second-order valence-electron chi connectivity index (χ2n) is 5.70. The summed E-state index contributed by atoms with van der Waals surface area (Å²) in [5.41, 5.74) is 2.79. The fourth-order valence-electron chi connectivity index (χ4n) is 2.88. The number of benzene rings is 2. The predicted molar refractivity (Wildman–Crippen MR) is 97.4 cm³/mol. The number of aromatic amines is 1. The third kappa shape index (κ3) is 3.15. The number of ether oxygens (including phenoxy) is 1. The zero-order valence-corrected chi connectivity index (χ0v) is 14.3. The van der Waals surface area contributed by atoms with Crippen molar-refractivity contribution in [1.82, 2.24) is 15.5 Å². The van der Waals surface area contributed by atoms with Crippen LogP contribution in [0, 0.1) is 0 Å². The lowest BCUT2D eigenvalue weighted by molar-refractivity contribution is 0.226. The average molecular weight is 366 g/mol. The number of nitrogens with one attached hydrogen (secondary N) is 2. The van der Waals surface area contributed by atoms with Crippen LogP contribution in [0.25, 0.3) is 22.0 Å². The third-order valence-corrected chi connectivity index (χ3v) is 4.41. The summed E-state index contributed by atoms with van der Waals surface area (Å²) in [5.74, 6) is 0.885. The molecule has 1 saturated heterocycles. The van der Waals surface area contributed by atoms with Crippen molar-refractivity contribution in [2.24, 2.45) is 0 Å². The van der Waals surface area contributed by atoms with Crippen molar-refractivity contribution in [3.63, 3.8) is 0 Å². The van der Waals surface area contributed by atoms with Gasteiger partial charge in [-0.15, -0.1) is 12.4 Å². The number of halogens is 2. The summed E-state index contributed by atoms with van der Waals surface area (Å²) in [4.78, 5) is 0. The third-order valence-electron chi connectivity index (χ3n) is 4.11. The number of phenols is 1. The standard InChI is InChI=1S/C17H16ClN3O2.ClH/c18-14-5-10(1-2-16(14)22)11-6-15-13(9-20-21-15)17(7-11)23-12-3-4-19-8-12;/h1-2,5-7,9,12,19,22H,3-4,8H2,(H,20,21);1H/t12-;/m0./s1. The molecule has 4 rings (SSSR count). The molecule has 24 heavy (non-hydrogen) atoms. The maximum atomic E-state index is 9.59. The molecule has 7 heteroatoms. The van der Waals surface area contributed by atoms with Crippen molar-refractivity contribution < 1.29 is 9.84 Å². The Morgan fingerprint density at radius 3 is 2.83 bits per heavy atom. The van der Waals surface area contributed by atoms with Crippen LogP contribution >= 0.6 is 24.0 Å². The molecule has 1 atom stereocenters. The minimum absolute atomic E-state index is 0. The first-order valence-corrected chi connectivity index (χ1v) is 7.92. The van der Waals surface area contributed by atoms with E-state index in [1.54, 1.807) is 18.3 Å². The molecule has 0 unspecified atom stereocenters. The van der Waals surface area contributed by atoms with Gasteiger partial charge in [0.2, 0.25) is 0 Å². The number of nitrogens with zero attached hydrogens (tertiary/aromatic N) is 1. The highest BCUT2D eigenvalue weighted by atomic mass is 35.5. The quantitative estimate of drug-likeness (QED) is 0.660. The van der Waals surface area contributed by atoms with E-state index in [4.69, 9.17) is 16.3 Å². The normalized spacial score (nSPS) is 17.0. The minimum atomic E-state index is 0. The Morgan fingerprint density at radius 2 is 2.08 bits per heavy atom. The number of H-pyrrole nitrogens is 1. The second kappa shape index (κ2) is 6.89. The SMILES string of the molecule is Cl.Oc1ccc(-c2cc(O[C@H]3CCNC3)c3cn[nH]c3c2)cc1Cl. The van der Waals surface area contributed by atoms with Crippen molar-refractivity contribution in [3.8, 4) is 22.6 Å². The monoisotopic (exact) mass is 365 g/mol. The van der Waals surface area contributed by atoms with Gasteiger partial charge in [-0.1, -0.05) is 17.7 Å². The number of hydrogen-bond acceptors (Lipinski definition) is 4. The Hall–Kier alpha value is -1.95. The minimum Gasteiger partial charge on any atom is -0.506 e. The van der Waals surface area contributed by atoms with Gasteiger partial charge in [0.25, 0.3) is 0 Å². The fraction of sp³-hybridized carbons (Fsp3) is 0.235. The molecule has 0 bridgehead atoms. The Kier molecular flexibility index (Phi) is 4.85. The molecule has 126 valence electrons. The van der Waals surface area contributed by atoms with Gasteiger partial charge in [0.05, 0.1) is 22.1 Å². The van der Waals surface area contributed by atoms with E-state index in [1.807, 2.05) is 18.2 Å². The first-order chi connectivity index (χ1) is 11.2. The van der Waals surface area contributed by atoms with Crippen LogP contribution in [0.4, 0.5) is 0 Å². The van der Waals surface area contributed by atoms with E-state index in [-0.39, 0.29) is 24.3 Å². The highest BCUT2D eigenvalue weighted by molar-refractivity contribution is 6.32. The molecule has 0 amide bonds. The maximum absolute atomic E-state index is 9.59. The summed E-state index contributed by atoms with van der Waals surface area (Å²) in [6.07, 6.45) is 2.95. The smallest absolute Gasteiger partial charge is 0.134 e. The summed E-state index contributed by atoms with van der Waals surface area (Å²) in [5, 5.41) is 21.3. The molecule has 1 aliphatic rings. The van der Waals surface area contributed by atoms with Crippen LogP contribution in [0.15, 0.2) is 36.5 Å². The number of rotatable bonds is 3. The van der Waals surface area contributed by atoms with Crippen molar-refractivity contribution in [2.75, 3.05) is 13.1 Å². The average Bonchev–Trinajstić information content (AvgIpc) is 3.21.